The summed E-state index contributed by atoms with van der Waals surface area (Å²) in [5, 5.41) is 4.25. The number of aromatic nitrogens is 2. The van der Waals surface area contributed by atoms with Gasteiger partial charge in [-0.05, 0) is 54.7 Å². The molecule has 6 nitrogen and oxygen atoms in total. The molecule has 0 spiro atoms. The number of nitrogens with one attached hydrogen (secondary N) is 2. The third-order valence-corrected chi connectivity index (χ3v) is 6.56. The van der Waals surface area contributed by atoms with Gasteiger partial charge in [-0.15, -0.1) is 0 Å². The lowest BCUT2D eigenvalue weighted by molar-refractivity contribution is 0.0190. The summed E-state index contributed by atoms with van der Waals surface area (Å²) < 4.78 is 5.73. The molecule has 6 heteroatoms. The minimum absolute atomic E-state index is 0.0695. The number of ether oxygens (including phenoxy) is 1. The third kappa shape index (κ3) is 2.27. The number of hydrogen-bond donors (Lipinski definition) is 2. The van der Waals surface area contributed by atoms with Crippen LogP contribution >= 0.6 is 0 Å². The maximum absolute atomic E-state index is 12.7. The first-order valence-electron chi connectivity index (χ1n) is 9.24. The van der Waals surface area contributed by atoms with Gasteiger partial charge in [0.15, 0.2) is 0 Å². The number of carbonyl (C=O) groups excluding carboxylic acids is 1. The molecule has 2 amide bonds. The van der Waals surface area contributed by atoms with Crippen molar-refractivity contribution < 1.29 is 9.53 Å². The number of pyridine rings is 1. The van der Waals surface area contributed by atoms with Crippen LogP contribution in [0.3, 0.4) is 0 Å². The van der Waals surface area contributed by atoms with Crippen LogP contribution in [0.25, 0.3) is 11.0 Å². The second-order valence-electron chi connectivity index (χ2n) is 7.69. The summed E-state index contributed by atoms with van der Waals surface area (Å²) in [5.41, 5.74) is 2.10. The van der Waals surface area contributed by atoms with Gasteiger partial charge in [0.25, 0.3) is 0 Å². The molecule has 3 aliphatic rings. The van der Waals surface area contributed by atoms with Crippen molar-refractivity contribution >= 4 is 17.1 Å². The Morgan fingerprint density at radius 3 is 3.24 bits per heavy atom. The van der Waals surface area contributed by atoms with Crippen molar-refractivity contribution in [2.24, 2.45) is 17.8 Å². The van der Waals surface area contributed by atoms with Crippen LogP contribution in [0.2, 0.25) is 0 Å². The minimum Gasteiger partial charge on any atom is -0.379 e. The van der Waals surface area contributed by atoms with Crippen LogP contribution in [0.15, 0.2) is 24.5 Å². The zero-order valence-electron chi connectivity index (χ0n) is 14.4. The van der Waals surface area contributed by atoms with Crippen molar-refractivity contribution in [1.29, 1.82) is 0 Å². The Labute approximate surface area is 146 Å². The van der Waals surface area contributed by atoms with Crippen LogP contribution in [-0.2, 0) is 11.2 Å². The molecule has 2 aromatic rings. The van der Waals surface area contributed by atoms with E-state index in [0.29, 0.717) is 24.3 Å². The number of nitrogens with zero attached hydrogens (tertiary/aromatic N) is 2. The van der Waals surface area contributed by atoms with Crippen LogP contribution in [0.1, 0.15) is 18.4 Å². The highest BCUT2D eigenvalue weighted by atomic mass is 16.5. The standard InChI is InChI=1S/C19H24N4O2/c1-25-17-12-7-13-10-23(16(17)15(13)8-12)19(24)21-6-4-11-9-22-18-14(11)3-2-5-20-18/h2-3,5,9,12-13,15-17H,4,6-8,10H2,1H3,(H,20,22)(H,21,24)/t12-,13+,15-,16-,17+/m0/s1. The van der Waals surface area contributed by atoms with Gasteiger partial charge in [-0.2, -0.15) is 0 Å². The number of hydrogen-bond acceptors (Lipinski definition) is 3. The molecule has 5 atom stereocenters. The number of likely N-dealkylation sites (tertiary alicyclic amines) is 1. The fraction of sp³-hybridized carbons (Fsp3) is 0.579. The summed E-state index contributed by atoms with van der Waals surface area (Å²) >= 11 is 0. The molecule has 2 bridgehead atoms. The van der Waals surface area contributed by atoms with Gasteiger partial charge in [0, 0.05) is 38.0 Å². The zero-order valence-corrected chi connectivity index (χ0v) is 14.4. The normalized spacial score (nSPS) is 32.7. The van der Waals surface area contributed by atoms with E-state index in [4.69, 9.17) is 4.74 Å². The van der Waals surface area contributed by atoms with Crippen LogP contribution in [0, 0.1) is 17.8 Å². The van der Waals surface area contributed by atoms with Crippen molar-refractivity contribution in [1.82, 2.24) is 20.2 Å². The molecular formula is C19H24N4O2. The predicted molar refractivity (Wildman–Crippen MR) is 94.2 cm³/mol. The van der Waals surface area contributed by atoms with Crippen LogP contribution in [-0.4, -0.2) is 53.2 Å². The summed E-state index contributed by atoms with van der Waals surface area (Å²) in [7, 11) is 1.79. The molecule has 1 aliphatic heterocycles. The average Bonchev–Trinajstić information content (AvgIpc) is 3.34. The SMILES string of the molecule is CO[C@@H]1[C@H]2C[C@@H]3CN(C(=O)NCCc4c[nH]c5ncccc45)[C@H]1[C@H]3C2. The number of amides is 2. The lowest BCUT2D eigenvalue weighted by atomic mass is 9.88. The first-order chi connectivity index (χ1) is 12.3. The highest BCUT2D eigenvalue weighted by Crippen LogP contribution is 2.55. The van der Waals surface area contributed by atoms with Crippen molar-refractivity contribution in [3.63, 3.8) is 0 Å². The fourth-order valence-electron chi connectivity index (χ4n) is 5.58. The van der Waals surface area contributed by atoms with Crippen LogP contribution < -0.4 is 5.32 Å². The summed E-state index contributed by atoms with van der Waals surface area (Å²) in [6.07, 6.45) is 7.27. The molecule has 2 N–H and O–H groups in total. The van der Waals surface area contributed by atoms with E-state index in [2.05, 4.69) is 21.4 Å². The third-order valence-electron chi connectivity index (χ3n) is 6.56. The molecule has 0 unspecified atom stereocenters. The Balaban J connectivity index is 1.23. The summed E-state index contributed by atoms with van der Waals surface area (Å²) in [5.74, 6) is 1.99. The van der Waals surface area contributed by atoms with E-state index in [1.54, 1.807) is 13.3 Å². The van der Waals surface area contributed by atoms with Gasteiger partial charge < -0.3 is 19.9 Å². The van der Waals surface area contributed by atoms with Gasteiger partial charge in [0.1, 0.15) is 5.65 Å². The molecule has 132 valence electrons. The number of methoxy groups -OCH3 is 1. The molecule has 0 aromatic carbocycles. The summed E-state index contributed by atoms with van der Waals surface area (Å²) in [4.78, 5) is 22.3. The number of rotatable bonds is 4. The van der Waals surface area contributed by atoms with Crippen LogP contribution in [0.4, 0.5) is 4.79 Å². The number of fused-ring (bicyclic) bond motifs is 2. The van der Waals surface area contributed by atoms with E-state index in [9.17, 15) is 4.79 Å². The first-order valence-corrected chi connectivity index (χ1v) is 9.24. The molecule has 2 aliphatic carbocycles. The molecule has 3 heterocycles. The molecule has 25 heavy (non-hydrogen) atoms. The maximum atomic E-state index is 12.7. The first kappa shape index (κ1) is 15.2. The highest BCUT2D eigenvalue weighted by molar-refractivity contribution is 5.79. The second kappa shape index (κ2) is 5.73. The lowest BCUT2D eigenvalue weighted by Crippen LogP contribution is -2.48. The molecule has 2 saturated carbocycles. The summed E-state index contributed by atoms with van der Waals surface area (Å²) in [6.45, 7) is 1.54. The second-order valence-corrected chi connectivity index (χ2v) is 7.69. The Hall–Kier alpha value is -2.08. The van der Waals surface area contributed by atoms with Crippen molar-refractivity contribution in [3.8, 4) is 0 Å². The fourth-order valence-corrected chi connectivity index (χ4v) is 5.58. The Morgan fingerprint density at radius 2 is 2.36 bits per heavy atom. The van der Waals surface area contributed by atoms with E-state index in [0.717, 1.165) is 24.0 Å². The van der Waals surface area contributed by atoms with E-state index in [1.165, 1.54) is 18.4 Å². The molecule has 0 radical (unpaired) electrons. The summed E-state index contributed by atoms with van der Waals surface area (Å²) in [6, 6.07) is 4.36. The van der Waals surface area contributed by atoms with E-state index >= 15 is 0 Å². The minimum atomic E-state index is 0.0695. The molecule has 3 fully saturated rings. The number of urea groups is 1. The van der Waals surface area contributed by atoms with E-state index in [-0.39, 0.29) is 18.2 Å². The smallest absolute Gasteiger partial charge is 0.317 e. The maximum Gasteiger partial charge on any atom is 0.317 e. The van der Waals surface area contributed by atoms with Crippen molar-refractivity contribution in [3.05, 3.63) is 30.1 Å². The zero-order chi connectivity index (χ0) is 17.0. The number of carbonyl (C=O) groups is 1. The molecule has 2 aromatic heterocycles. The lowest BCUT2D eigenvalue weighted by Gasteiger charge is -2.31. The Bertz CT molecular complexity index is 802. The van der Waals surface area contributed by atoms with Gasteiger partial charge >= 0.3 is 6.03 Å². The van der Waals surface area contributed by atoms with Gasteiger partial charge in [-0.3, -0.25) is 0 Å². The Morgan fingerprint density at radius 1 is 1.44 bits per heavy atom. The van der Waals surface area contributed by atoms with Crippen molar-refractivity contribution in [2.75, 3.05) is 20.2 Å². The average molecular weight is 340 g/mol. The Kier molecular flexibility index (Phi) is 3.48. The van der Waals surface area contributed by atoms with E-state index in [1.807, 2.05) is 17.2 Å². The van der Waals surface area contributed by atoms with Gasteiger partial charge in [0.05, 0.1) is 12.1 Å². The monoisotopic (exact) mass is 340 g/mol. The number of H-pyrrole nitrogens is 1. The van der Waals surface area contributed by atoms with E-state index < -0.39 is 0 Å². The van der Waals surface area contributed by atoms with Crippen molar-refractivity contribution in [2.45, 2.75) is 31.4 Å². The quantitative estimate of drug-likeness (QED) is 0.896. The number of aromatic amines is 1. The predicted octanol–water partition coefficient (Wildman–Crippen LogP) is 2.17. The van der Waals surface area contributed by atoms with Crippen LogP contribution in [0.5, 0.6) is 0 Å². The van der Waals surface area contributed by atoms with Gasteiger partial charge in [0.2, 0.25) is 0 Å². The molecular weight excluding hydrogens is 316 g/mol. The largest absolute Gasteiger partial charge is 0.379 e. The highest BCUT2D eigenvalue weighted by Gasteiger charge is 2.60. The molecule has 1 saturated heterocycles. The van der Waals surface area contributed by atoms with Gasteiger partial charge in [-0.1, -0.05) is 0 Å². The topological polar surface area (TPSA) is 70.2 Å². The van der Waals surface area contributed by atoms with Gasteiger partial charge in [-0.25, -0.2) is 9.78 Å². The molecule has 5 rings (SSSR count).